The van der Waals surface area contributed by atoms with Crippen molar-refractivity contribution in [3.63, 3.8) is 0 Å². The normalized spacial score (nSPS) is 14.4. The molecule has 0 aliphatic heterocycles. The first-order valence-electron chi connectivity index (χ1n) is 12.6. The number of thioether (sulfide) groups is 1. The molecule has 11 N–H and O–H groups in total. The Morgan fingerprint density at radius 1 is 0.756 bits per heavy atom. The fraction of sp³-hybridized carbons (Fsp3) is 0.696. The largest absolute Gasteiger partial charge is 0.480 e. The van der Waals surface area contributed by atoms with Crippen molar-refractivity contribution >= 4 is 53.2 Å². The van der Waals surface area contributed by atoms with Crippen molar-refractivity contribution < 1.29 is 48.9 Å². The Labute approximate surface area is 241 Å². The lowest BCUT2D eigenvalue weighted by atomic mass is 10.0. The van der Waals surface area contributed by atoms with E-state index in [-0.39, 0.29) is 12.3 Å². The molecule has 234 valence electrons. The van der Waals surface area contributed by atoms with E-state index < -0.39 is 97.9 Å². The van der Waals surface area contributed by atoms with Gasteiger partial charge in [-0.25, -0.2) is 0 Å². The number of aliphatic carboxylic acids is 1. The van der Waals surface area contributed by atoms with Crippen LogP contribution in [0.3, 0.4) is 0 Å². The van der Waals surface area contributed by atoms with E-state index in [9.17, 15) is 43.8 Å². The van der Waals surface area contributed by atoms with E-state index in [0.717, 1.165) is 0 Å². The summed E-state index contributed by atoms with van der Waals surface area (Å²) in [6.07, 6.45) is 0.740. The maximum atomic E-state index is 12.7. The molecule has 0 aromatic rings. The minimum absolute atomic E-state index is 0.174. The lowest BCUT2D eigenvalue weighted by molar-refractivity contribution is -0.138. The zero-order chi connectivity index (χ0) is 31.7. The Hall–Kier alpha value is -3.48. The van der Waals surface area contributed by atoms with E-state index in [1.807, 2.05) is 0 Å². The summed E-state index contributed by atoms with van der Waals surface area (Å²) in [6, 6.07) is -4.93. The molecule has 6 amide bonds. The number of carboxylic acids is 1. The van der Waals surface area contributed by atoms with Gasteiger partial charge in [0.2, 0.25) is 35.4 Å². The lowest BCUT2D eigenvalue weighted by Gasteiger charge is -2.22. The highest BCUT2D eigenvalue weighted by atomic mass is 32.2. The second-order valence-corrected chi connectivity index (χ2v) is 10.2. The fourth-order valence-electron chi connectivity index (χ4n) is 3.04. The molecule has 0 fully saturated rings. The molecule has 0 rings (SSSR count). The summed E-state index contributed by atoms with van der Waals surface area (Å²) in [5.74, 6) is -5.91. The zero-order valence-electron chi connectivity index (χ0n) is 23.4. The van der Waals surface area contributed by atoms with Gasteiger partial charge in [-0.1, -0.05) is 13.8 Å². The van der Waals surface area contributed by atoms with Crippen LogP contribution in [0.25, 0.3) is 0 Å². The summed E-state index contributed by atoms with van der Waals surface area (Å²) in [5.41, 5.74) is 5.48. The van der Waals surface area contributed by atoms with Gasteiger partial charge in [-0.05, 0) is 31.3 Å². The monoisotopic (exact) mass is 607 g/mol. The van der Waals surface area contributed by atoms with Crippen molar-refractivity contribution in [3.05, 3.63) is 0 Å². The van der Waals surface area contributed by atoms with Gasteiger partial charge in [-0.15, -0.1) is 0 Å². The third-order valence-corrected chi connectivity index (χ3v) is 6.07. The molecule has 0 heterocycles. The lowest BCUT2D eigenvalue weighted by Crippen LogP contribution is -2.57. The molecule has 18 heteroatoms. The first-order chi connectivity index (χ1) is 19.1. The highest BCUT2D eigenvalue weighted by Gasteiger charge is 2.28. The number of rotatable bonds is 19. The quantitative estimate of drug-likeness (QED) is 0.0661. The van der Waals surface area contributed by atoms with Crippen LogP contribution in [0.15, 0.2) is 0 Å². The van der Waals surface area contributed by atoms with Crippen molar-refractivity contribution in [1.82, 2.24) is 31.9 Å². The SMILES string of the molecule is CSCC[C@H](NC(=O)CNC(=O)[C@H](CO)NC(=O)[C@@H](N)[C@@H](C)O)C(=O)NCC(=O)N[C@H](C(=O)NCC(=O)O)C(C)C. The van der Waals surface area contributed by atoms with Gasteiger partial charge in [0.05, 0.1) is 25.8 Å². The maximum absolute atomic E-state index is 12.7. The minimum atomic E-state index is -1.45. The first kappa shape index (κ1) is 37.5. The van der Waals surface area contributed by atoms with Crippen LogP contribution in [0.4, 0.5) is 0 Å². The topological polar surface area (TPSA) is 278 Å². The van der Waals surface area contributed by atoms with Gasteiger partial charge in [0.1, 0.15) is 30.7 Å². The summed E-state index contributed by atoms with van der Waals surface area (Å²) >= 11 is 1.39. The summed E-state index contributed by atoms with van der Waals surface area (Å²) < 4.78 is 0. The van der Waals surface area contributed by atoms with Crippen molar-refractivity contribution in [1.29, 1.82) is 0 Å². The van der Waals surface area contributed by atoms with Gasteiger partial charge in [-0.2, -0.15) is 11.8 Å². The van der Waals surface area contributed by atoms with Crippen molar-refractivity contribution in [2.24, 2.45) is 11.7 Å². The van der Waals surface area contributed by atoms with Gasteiger partial charge in [-0.3, -0.25) is 33.6 Å². The van der Waals surface area contributed by atoms with Crippen LogP contribution >= 0.6 is 11.8 Å². The van der Waals surface area contributed by atoms with Crippen LogP contribution in [-0.2, 0) is 33.6 Å². The van der Waals surface area contributed by atoms with Crippen LogP contribution in [0.5, 0.6) is 0 Å². The van der Waals surface area contributed by atoms with E-state index in [2.05, 4.69) is 31.9 Å². The smallest absolute Gasteiger partial charge is 0.322 e. The van der Waals surface area contributed by atoms with Crippen LogP contribution in [0.2, 0.25) is 0 Å². The van der Waals surface area contributed by atoms with Crippen LogP contribution in [0.1, 0.15) is 27.2 Å². The second kappa shape index (κ2) is 19.6. The number of hydrogen-bond donors (Lipinski definition) is 10. The molecule has 0 aliphatic carbocycles. The summed E-state index contributed by atoms with van der Waals surface area (Å²) in [4.78, 5) is 84.5. The van der Waals surface area contributed by atoms with Crippen LogP contribution in [0, 0.1) is 5.92 Å². The molecule has 0 saturated heterocycles. The molecule has 0 saturated carbocycles. The molecule has 0 bridgehead atoms. The predicted molar refractivity (Wildman–Crippen MR) is 147 cm³/mol. The Morgan fingerprint density at radius 2 is 1.27 bits per heavy atom. The Morgan fingerprint density at radius 3 is 1.73 bits per heavy atom. The zero-order valence-corrected chi connectivity index (χ0v) is 24.2. The number of amides is 6. The molecule has 17 nitrogen and oxygen atoms in total. The number of nitrogens with one attached hydrogen (secondary N) is 6. The first-order valence-corrected chi connectivity index (χ1v) is 14.0. The molecule has 0 aromatic carbocycles. The van der Waals surface area contributed by atoms with Gasteiger partial charge < -0.3 is 53.0 Å². The summed E-state index contributed by atoms with van der Waals surface area (Å²) in [5, 5.41) is 41.2. The fourth-order valence-corrected chi connectivity index (χ4v) is 3.52. The highest BCUT2D eigenvalue weighted by Crippen LogP contribution is 2.03. The van der Waals surface area contributed by atoms with E-state index >= 15 is 0 Å². The van der Waals surface area contributed by atoms with E-state index in [0.29, 0.717) is 5.75 Å². The van der Waals surface area contributed by atoms with Crippen molar-refractivity contribution in [2.45, 2.75) is 57.5 Å². The van der Waals surface area contributed by atoms with Crippen molar-refractivity contribution in [3.8, 4) is 0 Å². The molecule has 41 heavy (non-hydrogen) atoms. The second-order valence-electron chi connectivity index (χ2n) is 9.25. The average Bonchev–Trinajstić information content (AvgIpc) is 2.91. The molecule has 0 radical (unpaired) electrons. The van der Waals surface area contributed by atoms with Gasteiger partial charge >= 0.3 is 5.97 Å². The number of hydrogen-bond acceptors (Lipinski definition) is 11. The third-order valence-electron chi connectivity index (χ3n) is 5.43. The Bertz CT molecular complexity index is 934. The molecule has 0 spiro atoms. The van der Waals surface area contributed by atoms with Gasteiger partial charge in [0, 0.05) is 0 Å². The average molecular weight is 608 g/mol. The standard InChI is InChI=1S/C23H41N7O10S/c1-11(2)19(23(40)27-9-17(35)36)30-16(34)8-25-20(37)13(5-6-41-4)28-15(33)7-26-21(38)14(10-31)29-22(39)18(24)12(3)32/h11-14,18-19,31-32H,5-10,24H2,1-4H3,(H,25,37)(H,26,38)(H,27,40)(H,28,33)(H,29,39)(H,30,34)(H,35,36)/t12-,13+,14+,18+,19+/m1/s1. The van der Waals surface area contributed by atoms with Crippen molar-refractivity contribution in [2.75, 3.05) is 38.2 Å². The Kier molecular flexibility index (Phi) is 17.9. The molecule has 5 atom stereocenters. The highest BCUT2D eigenvalue weighted by molar-refractivity contribution is 7.98. The number of carbonyl (C=O) groups excluding carboxylic acids is 6. The number of carboxylic acid groups (broad SMARTS) is 1. The van der Waals surface area contributed by atoms with Crippen LogP contribution in [-0.4, -0.2) is 125 Å². The molecule has 0 aliphatic rings. The van der Waals surface area contributed by atoms with E-state index in [1.54, 1.807) is 20.1 Å². The van der Waals surface area contributed by atoms with E-state index in [4.69, 9.17) is 10.8 Å². The molecule has 0 unspecified atom stereocenters. The van der Waals surface area contributed by atoms with Gasteiger partial charge in [0.15, 0.2) is 0 Å². The summed E-state index contributed by atoms with van der Waals surface area (Å²) in [7, 11) is 0. The molecule has 0 aromatic heterocycles. The number of carbonyl (C=O) groups is 7. The summed E-state index contributed by atoms with van der Waals surface area (Å²) in [6.45, 7) is 1.95. The van der Waals surface area contributed by atoms with Crippen LogP contribution < -0.4 is 37.6 Å². The predicted octanol–water partition coefficient (Wildman–Crippen LogP) is -5.02. The maximum Gasteiger partial charge on any atom is 0.322 e. The van der Waals surface area contributed by atoms with Gasteiger partial charge in [0.25, 0.3) is 0 Å². The molecular weight excluding hydrogens is 566 g/mol. The number of aliphatic hydroxyl groups is 2. The number of aliphatic hydroxyl groups excluding tert-OH is 2. The number of nitrogens with two attached hydrogens (primary N) is 1. The Balaban J connectivity index is 5.00. The van der Waals surface area contributed by atoms with E-state index in [1.165, 1.54) is 18.7 Å². The minimum Gasteiger partial charge on any atom is -0.480 e. The third kappa shape index (κ3) is 15.2. The molecular formula is C23H41N7O10S.